The van der Waals surface area contributed by atoms with Gasteiger partial charge in [0.2, 0.25) is 0 Å². The third-order valence-corrected chi connectivity index (χ3v) is 6.28. The lowest BCUT2D eigenvalue weighted by Crippen LogP contribution is -2.49. The molecule has 29 heavy (non-hydrogen) atoms. The lowest BCUT2D eigenvalue weighted by atomic mass is 9.89. The minimum atomic E-state index is -0.585. The molecular weight excluding hydrogens is 390 g/mol. The van der Waals surface area contributed by atoms with Crippen LogP contribution in [0.2, 0.25) is 0 Å². The van der Waals surface area contributed by atoms with Gasteiger partial charge >= 0.3 is 6.09 Å². The molecule has 0 saturated carbocycles. The maximum absolute atomic E-state index is 12.8. The van der Waals surface area contributed by atoms with Crippen molar-refractivity contribution in [1.29, 1.82) is 0 Å². The topological polar surface area (TPSA) is 65.1 Å². The fourth-order valence-electron chi connectivity index (χ4n) is 3.84. The number of amides is 1. The molecule has 1 fully saturated rings. The molecule has 164 valence electrons. The molecule has 1 aromatic heterocycles. The van der Waals surface area contributed by atoms with E-state index in [1.165, 1.54) is 4.88 Å². The van der Waals surface area contributed by atoms with Gasteiger partial charge in [0.05, 0.1) is 24.8 Å². The molecule has 0 radical (unpaired) electrons. The van der Waals surface area contributed by atoms with Gasteiger partial charge in [0.1, 0.15) is 11.4 Å². The number of likely N-dealkylation sites (tertiary alicyclic amines) is 1. The maximum atomic E-state index is 12.8. The first-order chi connectivity index (χ1) is 13.7. The summed E-state index contributed by atoms with van der Waals surface area (Å²) < 4.78 is 16.8. The van der Waals surface area contributed by atoms with Crippen LogP contribution in [0.5, 0.6) is 0 Å². The molecule has 2 heterocycles. The Hall–Kier alpha value is -1.44. The second-order valence-corrected chi connectivity index (χ2v) is 9.71. The number of aryl methyl sites for hydroxylation is 1. The molecule has 0 aliphatic carbocycles. The summed E-state index contributed by atoms with van der Waals surface area (Å²) in [5.74, 6) is -0.146. The number of ether oxygens (including phenoxy) is 3. The first kappa shape index (κ1) is 23.8. The Balaban J connectivity index is 2.03. The highest BCUT2D eigenvalue weighted by molar-refractivity contribution is 7.09. The normalized spacial score (nSPS) is 21.8. The molecule has 1 saturated heterocycles. The van der Waals surface area contributed by atoms with Crippen LogP contribution < -0.4 is 0 Å². The third kappa shape index (κ3) is 6.79. The van der Waals surface area contributed by atoms with E-state index in [2.05, 4.69) is 11.4 Å². The van der Waals surface area contributed by atoms with Crippen LogP contribution in [0, 0.1) is 5.92 Å². The standard InChI is InChI=1S/C22H35NO5S/c1-15(19(24)11-7-9-17-10-8-12-29-17)20(27-6)18-13-16(26-5)14-23(18)21(25)28-22(2,3)4/h8,10,12,15-16,18,20H,7,9,11,13-14H2,1-6H3/t15-,16+,18-,20+/m0/s1. The third-order valence-electron chi connectivity index (χ3n) is 5.34. The first-order valence-corrected chi connectivity index (χ1v) is 11.1. The molecular formula is C22H35NO5S. The summed E-state index contributed by atoms with van der Waals surface area (Å²) in [6.07, 6.45) is 1.99. The Bertz CT molecular complexity index is 655. The zero-order valence-electron chi connectivity index (χ0n) is 18.5. The molecule has 1 aliphatic heterocycles. The summed E-state index contributed by atoms with van der Waals surface area (Å²) in [5.41, 5.74) is -0.585. The van der Waals surface area contributed by atoms with E-state index in [0.717, 1.165) is 12.8 Å². The smallest absolute Gasteiger partial charge is 0.410 e. The summed E-state index contributed by atoms with van der Waals surface area (Å²) >= 11 is 1.72. The SMILES string of the molecule is CO[C@@H]1C[C@@H]([C@H](OC)[C@@H](C)C(=O)CCCc2cccs2)N(C(=O)OC(C)(C)C)C1. The van der Waals surface area contributed by atoms with E-state index in [1.54, 1.807) is 30.5 Å². The van der Waals surface area contributed by atoms with E-state index in [0.29, 0.717) is 19.4 Å². The molecule has 6 nitrogen and oxygen atoms in total. The largest absolute Gasteiger partial charge is 0.444 e. The summed E-state index contributed by atoms with van der Waals surface area (Å²) in [5, 5.41) is 2.05. The number of rotatable bonds is 9. The molecule has 2 rings (SSSR count). The number of nitrogens with zero attached hydrogens (tertiary/aromatic N) is 1. The van der Waals surface area contributed by atoms with Gasteiger partial charge in [-0.2, -0.15) is 0 Å². The lowest BCUT2D eigenvalue weighted by molar-refractivity contribution is -0.128. The molecule has 1 aliphatic rings. The van der Waals surface area contributed by atoms with Gasteiger partial charge in [-0.1, -0.05) is 13.0 Å². The molecule has 0 spiro atoms. The fourth-order valence-corrected chi connectivity index (χ4v) is 4.59. The van der Waals surface area contributed by atoms with E-state index < -0.39 is 11.7 Å². The zero-order valence-corrected chi connectivity index (χ0v) is 19.3. The number of carbonyl (C=O) groups excluding carboxylic acids is 2. The summed E-state index contributed by atoms with van der Waals surface area (Å²) in [6, 6.07) is 3.87. The Morgan fingerprint density at radius 1 is 1.31 bits per heavy atom. The van der Waals surface area contributed by atoms with E-state index >= 15 is 0 Å². The van der Waals surface area contributed by atoms with Gasteiger partial charge in [-0.3, -0.25) is 9.69 Å². The number of carbonyl (C=O) groups is 2. The van der Waals surface area contributed by atoms with Crippen LogP contribution >= 0.6 is 11.3 Å². The van der Waals surface area contributed by atoms with Crippen LogP contribution in [-0.4, -0.2) is 61.4 Å². The van der Waals surface area contributed by atoms with E-state index in [-0.39, 0.29) is 29.9 Å². The average molecular weight is 426 g/mol. The quantitative estimate of drug-likeness (QED) is 0.590. The van der Waals surface area contributed by atoms with E-state index in [1.807, 2.05) is 33.8 Å². The van der Waals surface area contributed by atoms with Gasteiger partial charge in [-0.25, -0.2) is 4.79 Å². The van der Waals surface area contributed by atoms with Gasteiger partial charge in [0, 0.05) is 31.4 Å². The maximum Gasteiger partial charge on any atom is 0.410 e. The summed E-state index contributed by atoms with van der Waals surface area (Å²) in [6.45, 7) is 7.87. The van der Waals surface area contributed by atoms with Crippen molar-refractivity contribution < 1.29 is 23.8 Å². The number of Topliss-reactive ketones (excluding diaryl/α,β-unsaturated/α-hetero) is 1. The lowest BCUT2D eigenvalue weighted by Gasteiger charge is -2.34. The highest BCUT2D eigenvalue weighted by Crippen LogP contribution is 2.30. The second kappa shape index (κ2) is 10.5. The number of ketones is 1. The molecule has 7 heteroatoms. The van der Waals surface area contributed by atoms with Gasteiger partial charge in [-0.15, -0.1) is 11.3 Å². The van der Waals surface area contributed by atoms with Gasteiger partial charge in [0.25, 0.3) is 0 Å². The van der Waals surface area contributed by atoms with Crippen LogP contribution in [0.3, 0.4) is 0 Å². The molecule has 0 aromatic carbocycles. The van der Waals surface area contributed by atoms with Crippen molar-refractivity contribution in [2.75, 3.05) is 20.8 Å². The fraction of sp³-hybridized carbons (Fsp3) is 0.727. The van der Waals surface area contributed by atoms with Crippen LogP contribution in [0.15, 0.2) is 17.5 Å². The Morgan fingerprint density at radius 3 is 2.59 bits per heavy atom. The average Bonchev–Trinajstić information content (AvgIpc) is 3.30. The summed E-state index contributed by atoms with van der Waals surface area (Å²) in [4.78, 5) is 28.6. The van der Waals surface area contributed by atoms with Crippen molar-refractivity contribution in [2.24, 2.45) is 5.92 Å². The number of hydrogen-bond acceptors (Lipinski definition) is 6. The number of hydrogen-bond donors (Lipinski definition) is 0. The van der Waals surface area contributed by atoms with Crippen molar-refractivity contribution in [1.82, 2.24) is 4.90 Å². The highest BCUT2D eigenvalue weighted by Gasteiger charge is 2.44. The molecule has 1 amide bonds. The van der Waals surface area contributed by atoms with Crippen LogP contribution in [-0.2, 0) is 25.4 Å². The monoisotopic (exact) mass is 425 g/mol. The predicted molar refractivity (Wildman–Crippen MR) is 114 cm³/mol. The molecule has 0 N–H and O–H groups in total. The molecule has 4 atom stereocenters. The Morgan fingerprint density at radius 2 is 2.03 bits per heavy atom. The van der Waals surface area contributed by atoms with E-state index in [9.17, 15) is 9.59 Å². The van der Waals surface area contributed by atoms with Gasteiger partial charge in [0.15, 0.2) is 0 Å². The van der Waals surface area contributed by atoms with E-state index in [4.69, 9.17) is 14.2 Å². The number of methoxy groups -OCH3 is 2. The van der Waals surface area contributed by atoms with Crippen LogP contribution in [0.1, 0.15) is 51.8 Å². The number of thiophene rings is 1. The first-order valence-electron chi connectivity index (χ1n) is 10.3. The van der Waals surface area contributed by atoms with Crippen LogP contribution in [0.4, 0.5) is 4.79 Å². The van der Waals surface area contributed by atoms with Gasteiger partial charge in [-0.05, 0) is 51.5 Å². The van der Waals surface area contributed by atoms with Crippen molar-refractivity contribution in [3.63, 3.8) is 0 Å². The highest BCUT2D eigenvalue weighted by atomic mass is 32.1. The predicted octanol–water partition coefficient (Wildman–Crippen LogP) is 4.32. The summed E-state index contributed by atoms with van der Waals surface area (Å²) in [7, 11) is 3.24. The van der Waals surface area contributed by atoms with Crippen molar-refractivity contribution >= 4 is 23.2 Å². The zero-order chi connectivity index (χ0) is 21.6. The Labute approximate surface area is 178 Å². The van der Waals surface area contributed by atoms with Crippen molar-refractivity contribution in [2.45, 2.75) is 77.2 Å². The minimum absolute atomic E-state index is 0.0914. The molecule has 1 aromatic rings. The minimum Gasteiger partial charge on any atom is -0.444 e. The van der Waals surface area contributed by atoms with Crippen molar-refractivity contribution in [3.8, 4) is 0 Å². The van der Waals surface area contributed by atoms with Crippen LogP contribution in [0.25, 0.3) is 0 Å². The Kier molecular flexibility index (Phi) is 8.67. The molecule has 0 unspecified atom stereocenters. The van der Waals surface area contributed by atoms with Gasteiger partial charge < -0.3 is 14.2 Å². The van der Waals surface area contributed by atoms with Crippen molar-refractivity contribution in [3.05, 3.63) is 22.4 Å². The second-order valence-electron chi connectivity index (χ2n) is 8.68. The molecule has 0 bridgehead atoms.